The van der Waals surface area contributed by atoms with Crippen LogP contribution in [0.15, 0.2) is 24.3 Å². The summed E-state index contributed by atoms with van der Waals surface area (Å²) in [6.07, 6.45) is 7.55. The fourth-order valence-electron chi connectivity index (χ4n) is 4.84. The highest BCUT2D eigenvalue weighted by Crippen LogP contribution is 2.34. The van der Waals surface area contributed by atoms with E-state index in [1.807, 2.05) is 24.3 Å². The maximum atomic E-state index is 12.7. The first-order valence-electron chi connectivity index (χ1n) is 11.0. The first-order chi connectivity index (χ1) is 15.2. The molecule has 162 valence electrons. The Morgan fingerprint density at radius 1 is 1.16 bits per heavy atom. The SMILES string of the molecule is O=C(CC1CCCCC1)Nc1c(Cl)ccc2nc(N3CCC(c4nnn[nH]4)C3)ccc12. The lowest BCUT2D eigenvalue weighted by molar-refractivity contribution is -0.117. The quantitative estimate of drug-likeness (QED) is 0.614. The number of carbonyl (C=O) groups excluding carboxylic acids is 1. The number of pyridine rings is 1. The Labute approximate surface area is 185 Å². The van der Waals surface area contributed by atoms with Crippen LogP contribution in [0, 0.1) is 5.92 Å². The topological polar surface area (TPSA) is 99.7 Å². The largest absolute Gasteiger partial charge is 0.356 e. The number of hydrogen-bond acceptors (Lipinski definition) is 6. The molecule has 3 aromatic rings. The van der Waals surface area contributed by atoms with Gasteiger partial charge in [0.2, 0.25) is 5.91 Å². The minimum atomic E-state index is 0.0356. The Bertz CT molecular complexity index is 1070. The molecule has 1 amide bonds. The Morgan fingerprint density at radius 2 is 2.03 bits per heavy atom. The van der Waals surface area contributed by atoms with Crippen molar-refractivity contribution in [1.82, 2.24) is 25.6 Å². The number of aromatic amines is 1. The molecule has 1 saturated heterocycles. The second kappa shape index (κ2) is 8.78. The van der Waals surface area contributed by atoms with Gasteiger partial charge in [0.1, 0.15) is 5.82 Å². The molecule has 1 aromatic carbocycles. The number of aromatic nitrogens is 5. The van der Waals surface area contributed by atoms with Gasteiger partial charge in [0, 0.05) is 30.8 Å². The molecule has 5 rings (SSSR count). The smallest absolute Gasteiger partial charge is 0.224 e. The number of anilines is 2. The molecule has 0 bridgehead atoms. The van der Waals surface area contributed by atoms with Crippen LogP contribution < -0.4 is 10.2 Å². The Balaban J connectivity index is 1.33. The number of hydrogen-bond donors (Lipinski definition) is 2. The number of nitrogens with zero attached hydrogens (tertiary/aromatic N) is 5. The minimum absolute atomic E-state index is 0.0356. The molecular weight excluding hydrogens is 414 g/mol. The summed E-state index contributed by atoms with van der Waals surface area (Å²) in [7, 11) is 0. The van der Waals surface area contributed by atoms with Gasteiger partial charge in [-0.25, -0.2) is 10.1 Å². The molecule has 2 aliphatic rings. The molecule has 2 N–H and O–H groups in total. The highest BCUT2D eigenvalue weighted by molar-refractivity contribution is 6.35. The summed E-state index contributed by atoms with van der Waals surface area (Å²) in [4.78, 5) is 19.8. The number of benzene rings is 1. The predicted octanol–water partition coefficient (Wildman–Crippen LogP) is 4.30. The molecule has 2 fully saturated rings. The van der Waals surface area contributed by atoms with Gasteiger partial charge in [0.15, 0.2) is 5.82 Å². The van der Waals surface area contributed by atoms with Crippen LogP contribution in [0.2, 0.25) is 5.02 Å². The molecule has 1 unspecified atom stereocenters. The zero-order valence-electron chi connectivity index (χ0n) is 17.4. The highest BCUT2D eigenvalue weighted by atomic mass is 35.5. The van der Waals surface area contributed by atoms with Crippen molar-refractivity contribution < 1.29 is 4.79 Å². The van der Waals surface area contributed by atoms with Crippen molar-refractivity contribution in [2.24, 2.45) is 5.92 Å². The first-order valence-corrected chi connectivity index (χ1v) is 11.4. The van der Waals surface area contributed by atoms with Crippen LogP contribution in [-0.4, -0.2) is 44.6 Å². The van der Waals surface area contributed by atoms with Gasteiger partial charge in [-0.05, 0) is 59.9 Å². The van der Waals surface area contributed by atoms with Gasteiger partial charge in [0.25, 0.3) is 0 Å². The lowest BCUT2D eigenvalue weighted by atomic mass is 9.87. The third-order valence-electron chi connectivity index (χ3n) is 6.53. The van der Waals surface area contributed by atoms with Gasteiger partial charge in [-0.1, -0.05) is 30.9 Å². The van der Waals surface area contributed by atoms with Crippen LogP contribution in [0.5, 0.6) is 0 Å². The third-order valence-corrected chi connectivity index (χ3v) is 6.84. The van der Waals surface area contributed by atoms with Gasteiger partial charge < -0.3 is 10.2 Å². The van der Waals surface area contributed by atoms with E-state index < -0.39 is 0 Å². The maximum Gasteiger partial charge on any atom is 0.224 e. The number of H-pyrrole nitrogens is 1. The second-order valence-corrected chi connectivity index (χ2v) is 9.04. The molecule has 3 heterocycles. The van der Waals surface area contributed by atoms with Gasteiger partial charge >= 0.3 is 0 Å². The fraction of sp³-hybridized carbons (Fsp3) is 0.500. The van der Waals surface area contributed by atoms with Crippen molar-refractivity contribution >= 4 is 39.9 Å². The summed E-state index contributed by atoms with van der Waals surface area (Å²) in [5.74, 6) is 2.51. The van der Waals surface area contributed by atoms with Crippen molar-refractivity contribution in [2.75, 3.05) is 23.3 Å². The number of halogens is 1. The van der Waals surface area contributed by atoms with Crippen molar-refractivity contribution in [3.05, 3.63) is 35.1 Å². The Morgan fingerprint density at radius 3 is 2.84 bits per heavy atom. The van der Waals surface area contributed by atoms with Crippen LogP contribution >= 0.6 is 11.6 Å². The number of fused-ring (bicyclic) bond motifs is 1. The van der Waals surface area contributed by atoms with Crippen LogP contribution in [0.1, 0.15) is 56.7 Å². The van der Waals surface area contributed by atoms with E-state index in [0.29, 0.717) is 23.0 Å². The average Bonchev–Trinajstić information content (AvgIpc) is 3.48. The highest BCUT2D eigenvalue weighted by Gasteiger charge is 2.27. The Kier molecular flexibility index (Phi) is 5.72. The average molecular weight is 440 g/mol. The molecule has 31 heavy (non-hydrogen) atoms. The molecule has 2 aromatic heterocycles. The summed E-state index contributed by atoms with van der Waals surface area (Å²) < 4.78 is 0. The first kappa shape index (κ1) is 20.2. The molecule has 1 saturated carbocycles. The predicted molar refractivity (Wildman–Crippen MR) is 120 cm³/mol. The number of nitrogens with one attached hydrogen (secondary N) is 2. The van der Waals surface area contributed by atoms with Crippen molar-refractivity contribution in [3.63, 3.8) is 0 Å². The number of rotatable bonds is 5. The van der Waals surface area contributed by atoms with Crippen LogP contribution in [0.4, 0.5) is 11.5 Å². The summed E-state index contributed by atoms with van der Waals surface area (Å²) >= 11 is 6.46. The molecular formula is C22H26ClN7O. The van der Waals surface area contributed by atoms with E-state index in [-0.39, 0.29) is 11.8 Å². The number of carbonyl (C=O) groups is 1. The lowest BCUT2D eigenvalue weighted by Gasteiger charge is -2.21. The maximum absolute atomic E-state index is 12.7. The monoisotopic (exact) mass is 439 g/mol. The van der Waals surface area contributed by atoms with Gasteiger partial charge in [-0.2, -0.15) is 0 Å². The van der Waals surface area contributed by atoms with E-state index in [2.05, 4.69) is 30.8 Å². The van der Waals surface area contributed by atoms with Gasteiger partial charge in [-0.15, -0.1) is 5.10 Å². The van der Waals surface area contributed by atoms with E-state index in [0.717, 1.165) is 54.9 Å². The standard InChI is InChI=1S/C22H26ClN7O/c23-17-7-8-18-16(21(17)25-20(31)12-14-4-2-1-3-5-14)6-9-19(24-18)30-11-10-15(13-30)22-26-28-29-27-22/h6-9,14-15H,1-5,10-13H2,(H,25,31)(H,26,27,28,29). The zero-order valence-corrected chi connectivity index (χ0v) is 18.1. The molecule has 1 aliphatic carbocycles. The summed E-state index contributed by atoms with van der Waals surface area (Å²) in [6.45, 7) is 1.70. The summed E-state index contributed by atoms with van der Waals surface area (Å²) in [6, 6.07) is 7.72. The number of amides is 1. The van der Waals surface area contributed by atoms with E-state index >= 15 is 0 Å². The zero-order chi connectivity index (χ0) is 21.2. The Hall–Kier alpha value is -2.74. The summed E-state index contributed by atoms with van der Waals surface area (Å²) in [5, 5.41) is 18.7. The van der Waals surface area contributed by atoms with E-state index in [1.54, 1.807) is 0 Å². The van der Waals surface area contributed by atoms with Crippen LogP contribution in [0.25, 0.3) is 10.9 Å². The molecule has 8 nitrogen and oxygen atoms in total. The minimum Gasteiger partial charge on any atom is -0.356 e. The van der Waals surface area contributed by atoms with Crippen LogP contribution in [-0.2, 0) is 4.79 Å². The van der Waals surface area contributed by atoms with Gasteiger partial charge in [-0.3, -0.25) is 4.79 Å². The molecule has 0 radical (unpaired) electrons. The second-order valence-electron chi connectivity index (χ2n) is 8.63. The normalized spacial score (nSPS) is 19.8. The van der Waals surface area contributed by atoms with E-state index in [1.165, 1.54) is 19.3 Å². The van der Waals surface area contributed by atoms with E-state index in [9.17, 15) is 4.79 Å². The van der Waals surface area contributed by atoms with Crippen molar-refractivity contribution in [2.45, 2.75) is 50.9 Å². The van der Waals surface area contributed by atoms with Crippen LogP contribution in [0.3, 0.4) is 0 Å². The number of tetrazole rings is 1. The van der Waals surface area contributed by atoms with Crippen molar-refractivity contribution in [1.29, 1.82) is 0 Å². The lowest BCUT2D eigenvalue weighted by Crippen LogP contribution is -2.21. The summed E-state index contributed by atoms with van der Waals surface area (Å²) in [5.41, 5.74) is 1.48. The molecule has 0 spiro atoms. The third kappa shape index (κ3) is 4.35. The van der Waals surface area contributed by atoms with Gasteiger partial charge in [0.05, 0.1) is 16.2 Å². The molecule has 9 heteroatoms. The molecule has 1 aliphatic heterocycles. The van der Waals surface area contributed by atoms with E-state index in [4.69, 9.17) is 16.6 Å². The van der Waals surface area contributed by atoms with Crippen molar-refractivity contribution in [3.8, 4) is 0 Å². The molecule has 1 atom stereocenters. The fourth-order valence-corrected chi connectivity index (χ4v) is 5.06.